The van der Waals surface area contributed by atoms with Gasteiger partial charge in [-0.05, 0) is 24.8 Å². The molecule has 0 spiro atoms. The molecule has 0 bridgehead atoms. The molecule has 2 rings (SSSR count). The number of hydrogen-bond acceptors (Lipinski definition) is 1. The minimum Gasteiger partial charge on any atom is -0.269 e. The molecular formula is C9H13ClN2. The van der Waals surface area contributed by atoms with Crippen molar-refractivity contribution in [1.29, 1.82) is 0 Å². The first-order valence-corrected chi connectivity index (χ1v) is 5.01. The Hall–Kier alpha value is -0.500. The van der Waals surface area contributed by atoms with E-state index >= 15 is 0 Å². The van der Waals surface area contributed by atoms with E-state index in [9.17, 15) is 0 Å². The van der Waals surface area contributed by atoms with E-state index in [0.717, 1.165) is 12.1 Å². The average molecular weight is 185 g/mol. The molecular weight excluding hydrogens is 172 g/mol. The van der Waals surface area contributed by atoms with Gasteiger partial charge in [0, 0.05) is 6.20 Å². The van der Waals surface area contributed by atoms with Gasteiger partial charge in [-0.2, -0.15) is 5.10 Å². The second-order valence-electron chi connectivity index (χ2n) is 3.30. The van der Waals surface area contributed by atoms with Crippen LogP contribution < -0.4 is 0 Å². The second-order valence-corrected chi connectivity index (χ2v) is 3.57. The van der Waals surface area contributed by atoms with Crippen LogP contribution in [0.15, 0.2) is 6.20 Å². The van der Waals surface area contributed by atoms with Gasteiger partial charge in [-0.15, -0.1) is 11.6 Å². The summed E-state index contributed by atoms with van der Waals surface area (Å²) in [7, 11) is 0. The van der Waals surface area contributed by atoms with Crippen LogP contribution in [0.1, 0.15) is 37.1 Å². The highest BCUT2D eigenvalue weighted by molar-refractivity contribution is 6.17. The number of halogens is 1. The quantitative estimate of drug-likeness (QED) is 0.661. The maximum Gasteiger partial charge on any atom is 0.0804 e. The van der Waals surface area contributed by atoms with Gasteiger partial charge in [0.25, 0.3) is 0 Å². The van der Waals surface area contributed by atoms with Gasteiger partial charge in [0.1, 0.15) is 0 Å². The highest BCUT2D eigenvalue weighted by Crippen LogP contribution is 2.34. The first-order chi connectivity index (χ1) is 5.85. The summed E-state index contributed by atoms with van der Waals surface area (Å²) in [6, 6.07) is 0.673. The van der Waals surface area contributed by atoms with E-state index in [2.05, 4.69) is 22.9 Å². The Balaban J connectivity index is 2.27. The standard InChI is InChI=1S/C9H13ClN2/c1-2-7-6-12(8-3-4-8)11-9(7)5-10/h6,8H,2-5H2,1H3. The van der Waals surface area contributed by atoms with Gasteiger partial charge >= 0.3 is 0 Å². The van der Waals surface area contributed by atoms with E-state index in [-0.39, 0.29) is 0 Å². The molecule has 0 unspecified atom stereocenters. The summed E-state index contributed by atoms with van der Waals surface area (Å²) in [6.07, 6.45) is 5.75. The minimum absolute atomic E-state index is 0.545. The van der Waals surface area contributed by atoms with Crippen molar-refractivity contribution in [3.8, 4) is 0 Å². The molecule has 0 aliphatic heterocycles. The molecule has 1 aromatic rings. The van der Waals surface area contributed by atoms with Gasteiger partial charge in [0.15, 0.2) is 0 Å². The van der Waals surface area contributed by atoms with E-state index in [1.165, 1.54) is 18.4 Å². The summed E-state index contributed by atoms with van der Waals surface area (Å²) in [5.74, 6) is 0.545. The number of rotatable bonds is 3. The molecule has 0 saturated heterocycles. The van der Waals surface area contributed by atoms with Crippen molar-refractivity contribution >= 4 is 11.6 Å². The molecule has 1 aliphatic rings. The highest BCUT2D eigenvalue weighted by Gasteiger charge is 2.25. The zero-order chi connectivity index (χ0) is 8.55. The molecule has 1 aromatic heterocycles. The number of hydrogen-bond donors (Lipinski definition) is 0. The fraction of sp³-hybridized carbons (Fsp3) is 0.667. The minimum atomic E-state index is 0.545. The van der Waals surface area contributed by atoms with E-state index in [4.69, 9.17) is 11.6 Å². The molecule has 1 fully saturated rings. The summed E-state index contributed by atoms with van der Waals surface area (Å²) in [4.78, 5) is 0. The SMILES string of the molecule is CCc1cn(C2CC2)nc1CCl. The van der Waals surface area contributed by atoms with Gasteiger partial charge in [-0.3, -0.25) is 4.68 Å². The van der Waals surface area contributed by atoms with Crippen LogP contribution in [0.2, 0.25) is 0 Å². The molecule has 0 radical (unpaired) electrons. The number of aryl methyl sites for hydroxylation is 1. The maximum absolute atomic E-state index is 5.77. The summed E-state index contributed by atoms with van der Waals surface area (Å²) in [5.41, 5.74) is 2.36. The first-order valence-electron chi connectivity index (χ1n) is 4.48. The van der Waals surface area contributed by atoms with E-state index in [0.29, 0.717) is 11.9 Å². The number of aromatic nitrogens is 2. The van der Waals surface area contributed by atoms with Gasteiger partial charge in [-0.1, -0.05) is 6.92 Å². The zero-order valence-electron chi connectivity index (χ0n) is 7.26. The Bertz CT molecular complexity index is 255. The van der Waals surface area contributed by atoms with Crippen LogP contribution in [0.4, 0.5) is 0 Å². The summed E-state index contributed by atoms with van der Waals surface area (Å²) in [6.45, 7) is 2.14. The molecule has 1 saturated carbocycles. The average Bonchev–Trinajstić information content (AvgIpc) is 2.85. The third-order valence-corrected chi connectivity index (χ3v) is 2.58. The van der Waals surface area contributed by atoms with Crippen molar-refractivity contribution in [1.82, 2.24) is 9.78 Å². The van der Waals surface area contributed by atoms with Crippen LogP contribution in [0.5, 0.6) is 0 Å². The van der Waals surface area contributed by atoms with Crippen molar-refractivity contribution in [2.75, 3.05) is 0 Å². The lowest BCUT2D eigenvalue weighted by Crippen LogP contribution is -1.94. The third-order valence-electron chi connectivity index (χ3n) is 2.32. The molecule has 0 atom stereocenters. The Morgan fingerprint density at radius 2 is 2.42 bits per heavy atom. The van der Waals surface area contributed by atoms with Gasteiger partial charge in [-0.25, -0.2) is 0 Å². The van der Waals surface area contributed by atoms with Crippen LogP contribution in [0.25, 0.3) is 0 Å². The predicted molar refractivity (Wildman–Crippen MR) is 49.4 cm³/mol. The van der Waals surface area contributed by atoms with Crippen molar-refractivity contribution in [2.24, 2.45) is 0 Å². The zero-order valence-corrected chi connectivity index (χ0v) is 8.01. The van der Waals surface area contributed by atoms with Crippen LogP contribution in [0.3, 0.4) is 0 Å². The third kappa shape index (κ3) is 1.36. The lowest BCUT2D eigenvalue weighted by atomic mass is 10.2. The fourth-order valence-corrected chi connectivity index (χ4v) is 1.63. The maximum atomic E-state index is 5.77. The van der Waals surface area contributed by atoms with Crippen LogP contribution in [-0.2, 0) is 12.3 Å². The van der Waals surface area contributed by atoms with Crippen molar-refractivity contribution in [3.05, 3.63) is 17.5 Å². The topological polar surface area (TPSA) is 17.8 Å². The lowest BCUT2D eigenvalue weighted by molar-refractivity contribution is 0.634. The van der Waals surface area contributed by atoms with Crippen molar-refractivity contribution < 1.29 is 0 Å². The number of alkyl halides is 1. The Morgan fingerprint density at radius 3 is 2.83 bits per heavy atom. The van der Waals surface area contributed by atoms with E-state index in [1.54, 1.807) is 0 Å². The second kappa shape index (κ2) is 3.09. The summed E-state index contributed by atoms with van der Waals surface area (Å²) < 4.78 is 2.08. The molecule has 12 heavy (non-hydrogen) atoms. The smallest absolute Gasteiger partial charge is 0.0804 e. The Labute approximate surface area is 77.5 Å². The monoisotopic (exact) mass is 184 g/mol. The summed E-state index contributed by atoms with van der Waals surface area (Å²) in [5, 5.41) is 4.45. The molecule has 1 aliphatic carbocycles. The Morgan fingerprint density at radius 1 is 1.67 bits per heavy atom. The lowest BCUT2D eigenvalue weighted by Gasteiger charge is -1.92. The normalized spacial score (nSPS) is 16.8. The van der Waals surface area contributed by atoms with E-state index < -0.39 is 0 Å². The van der Waals surface area contributed by atoms with Crippen LogP contribution in [0, 0.1) is 0 Å². The molecule has 2 nitrogen and oxygen atoms in total. The largest absolute Gasteiger partial charge is 0.269 e. The fourth-order valence-electron chi connectivity index (χ4n) is 1.40. The van der Waals surface area contributed by atoms with Crippen molar-refractivity contribution in [3.63, 3.8) is 0 Å². The Kier molecular flexibility index (Phi) is 2.09. The highest BCUT2D eigenvalue weighted by atomic mass is 35.5. The van der Waals surface area contributed by atoms with E-state index in [1.807, 2.05) is 0 Å². The van der Waals surface area contributed by atoms with Gasteiger partial charge in [0.2, 0.25) is 0 Å². The molecule has 3 heteroatoms. The molecule has 66 valence electrons. The molecule has 1 heterocycles. The van der Waals surface area contributed by atoms with Crippen LogP contribution in [-0.4, -0.2) is 9.78 Å². The predicted octanol–water partition coefficient (Wildman–Crippen LogP) is 2.52. The first kappa shape index (κ1) is 8.11. The summed E-state index contributed by atoms with van der Waals surface area (Å²) >= 11 is 5.77. The number of nitrogens with zero attached hydrogens (tertiary/aromatic N) is 2. The van der Waals surface area contributed by atoms with Crippen LogP contribution >= 0.6 is 11.6 Å². The molecule has 0 amide bonds. The van der Waals surface area contributed by atoms with Gasteiger partial charge < -0.3 is 0 Å². The van der Waals surface area contributed by atoms with Crippen molar-refractivity contribution in [2.45, 2.75) is 38.1 Å². The molecule has 0 aromatic carbocycles. The molecule has 0 N–H and O–H groups in total. The van der Waals surface area contributed by atoms with Gasteiger partial charge in [0.05, 0.1) is 17.6 Å².